The maximum Gasteiger partial charge on any atom is 0.376 e. The first-order valence-electron chi connectivity index (χ1n) is 11.8. The lowest BCUT2D eigenvalue weighted by atomic mass is 9.96. The second kappa shape index (κ2) is 11.7. The first-order valence-corrected chi connectivity index (χ1v) is 13.9. The van der Waals surface area contributed by atoms with E-state index in [2.05, 4.69) is 14.8 Å². The molecule has 4 rings (SSSR count). The Kier molecular flexibility index (Phi) is 8.53. The minimum atomic E-state index is -1.05. The lowest BCUT2D eigenvalue weighted by Gasteiger charge is -2.17. The number of ketones is 1. The van der Waals surface area contributed by atoms with Gasteiger partial charge in [0.2, 0.25) is 0 Å². The number of rotatable bonds is 8. The average Bonchev–Trinajstić information content (AvgIpc) is 3.53. The van der Waals surface area contributed by atoms with Gasteiger partial charge in [-0.3, -0.25) is 19.4 Å². The molecular formula is C27H25ClN4O5S2. The molecule has 0 amide bonds. The van der Waals surface area contributed by atoms with Crippen LogP contribution in [0.4, 0.5) is 0 Å². The van der Waals surface area contributed by atoms with Crippen LogP contribution in [0.3, 0.4) is 0 Å². The quantitative estimate of drug-likeness (QED) is 0.158. The second-order valence-electron chi connectivity index (χ2n) is 9.56. The SMILES string of the molecule is COC(=O)C(=O)Cn1cc(-c2cccnc2)cc(-c2cc(SCc3ccc(Cl)s3)n(C(=O)C(C)(C)C)n2)c1=O. The number of esters is 1. The van der Waals surface area contributed by atoms with E-state index in [9.17, 15) is 19.2 Å². The molecule has 0 aliphatic rings. The Balaban J connectivity index is 1.84. The Morgan fingerprint density at radius 1 is 1.13 bits per heavy atom. The molecular weight excluding hydrogens is 560 g/mol. The third-order valence-electron chi connectivity index (χ3n) is 5.59. The van der Waals surface area contributed by atoms with Gasteiger partial charge < -0.3 is 9.30 Å². The number of ether oxygens (including phenoxy) is 1. The first kappa shape index (κ1) is 28.5. The third kappa shape index (κ3) is 6.55. The molecule has 4 aromatic rings. The van der Waals surface area contributed by atoms with Crippen LogP contribution in [0.25, 0.3) is 22.4 Å². The van der Waals surface area contributed by atoms with E-state index in [0.29, 0.717) is 26.2 Å². The highest BCUT2D eigenvalue weighted by molar-refractivity contribution is 7.98. The molecule has 12 heteroatoms. The zero-order chi connectivity index (χ0) is 28.3. The fourth-order valence-electron chi connectivity index (χ4n) is 3.60. The molecule has 0 unspecified atom stereocenters. The normalized spacial score (nSPS) is 11.4. The molecule has 0 saturated carbocycles. The second-order valence-corrected chi connectivity index (χ2v) is 12.4. The summed E-state index contributed by atoms with van der Waals surface area (Å²) in [5, 5.41) is 5.10. The van der Waals surface area contributed by atoms with E-state index in [-0.39, 0.29) is 17.2 Å². The predicted octanol–water partition coefficient (Wildman–Crippen LogP) is 5.21. The van der Waals surface area contributed by atoms with Crippen LogP contribution in [-0.2, 0) is 26.6 Å². The van der Waals surface area contributed by atoms with Gasteiger partial charge in [-0.1, -0.05) is 38.4 Å². The summed E-state index contributed by atoms with van der Waals surface area (Å²) < 4.78 is 7.64. The number of aromatic nitrogens is 4. The van der Waals surface area contributed by atoms with Crippen molar-refractivity contribution in [3.05, 3.63) is 74.6 Å². The summed E-state index contributed by atoms with van der Waals surface area (Å²) in [6, 6.07) is 10.6. The molecule has 0 aliphatic carbocycles. The van der Waals surface area contributed by atoms with Crippen LogP contribution in [0, 0.1) is 5.41 Å². The predicted molar refractivity (Wildman–Crippen MR) is 151 cm³/mol. The van der Waals surface area contributed by atoms with E-state index in [1.54, 1.807) is 57.4 Å². The van der Waals surface area contributed by atoms with Crippen molar-refractivity contribution in [1.29, 1.82) is 0 Å². The molecule has 9 nitrogen and oxygen atoms in total. The fourth-order valence-corrected chi connectivity index (χ4v) is 5.72. The van der Waals surface area contributed by atoms with E-state index in [4.69, 9.17) is 11.6 Å². The Hall–Kier alpha value is -3.54. The topological polar surface area (TPSA) is 113 Å². The highest BCUT2D eigenvalue weighted by atomic mass is 35.5. The molecule has 0 aromatic carbocycles. The molecule has 39 heavy (non-hydrogen) atoms. The van der Waals surface area contributed by atoms with Gasteiger partial charge in [-0.05, 0) is 30.3 Å². The van der Waals surface area contributed by atoms with Gasteiger partial charge in [0.15, 0.2) is 0 Å². The number of methoxy groups -OCH3 is 1. The lowest BCUT2D eigenvalue weighted by molar-refractivity contribution is -0.151. The number of nitrogens with zero attached hydrogens (tertiary/aromatic N) is 4. The van der Waals surface area contributed by atoms with Crippen molar-refractivity contribution in [3.8, 4) is 22.4 Å². The van der Waals surface area contributed by atoms with E-state index < -0.39 is 29.3 Å². The molecule has 0 bridgehead atoms. The van der Waals surface area contributed by atoms with Crippen LogP contribution >= 0.6 is 34.7 Å². The minimum absolute atomic E-state index is 0.162. The summed E-state index contributed by atoms with van der Waals surface area (Å²) in [5.74, 6) is -1.63. The number of pyridine rings is 2. The lowest BCUT2D eigenvalue weighted by Crippen LogP contribution is -2.30. The van der Waals surface area contributed by atoms with Crippen LogP contribution in [0.1, 0.15) is 30.4 Å². The maximum absolute atomic E-state index is 13.6. The Bertz CT molecular complexity index is 1600. The molecule has 0 saturated heterocycles. The molecule has 4 heterocycles. The van der Waals surface area contributed by atoms with Gasteiger partial charge in [0, 0.05) is 45.8 Å². The van der Waals surface area contributed by atoms with Crippen LogP contribution in [0.15, 0.2) is 64.8 Å². The monoisotopic (exact) mass is 584 g/mol. The molecule has 202 valence electrons. The van der Waals surface area contributed by atoms with Gasteiger partial charge in [-0.15, -0.1) is 23.1 Å². The van der Waals surface area contributed by atoms with Crippen molar-refractivity contribution in [2.75, 3.05) is 7.11 Å². The summed E-state index contributed by atoms with van der Waals surface area (Å²) >= 11 is 8.92. The molecule has 0 atom stereocenters. The number of hydrogen-bond donors (Lipinski definition) is 0. The van der Waals surface area contributed by atoms with Gasteiger partial charge in [0.1, 0.15) is 5.03 Å². The molecule has 0 fully saturated rings. The number of hydrogen-bond acceptors (Lipinski definition) is 9. The zero-order valence-corrected chi connectivity index (χ0v) is 24.0. The average molecular weight is 585 g/mol. The van der Waals surface area contributed by atoms with Crippen LogP contribution in [0.5, 0.6) is 0 Å². The van der Waals surface area contributed by atoms with Gasteiger partial charge in [0.25, 0.3) is 17.2 Å². The van der Waals surface area contributed by atoms with Gasteiger partial charge in [-0.2, -0.15) is 9.78 Å². The number of Topliss-reactive ketones (excluding diaryl/α,β-unsaturated/α-hetero) is 1. The van der Waals surface area contributed by atoms with Gasteiger partial charge >= 0.3 is 5.97 Å². The summed E-state index contributed by atoms with van der Waals surface area (Å²) in [4.78, 5) is 56.2. The zero-order valence-electron chi connectivity index (χ0n) is 21.6. The summed E-state index contributed by atoms with van der Waals surface area (Å²) in [7, 11) is 1.10. The van der Waals surface area contributed by atoms with Crippen molar-refractivity contribution in [3.63, 3.8) is 0 Å². The Morgan fingerprint density at radius 3 is 2.51 bits per heavy atom. The van der Waals surface area contributed by atoms with Gasteiger partial charge in [0.05, 0.1) is 29.2 Å². The van der Waals surface area contributed by atoms with E-state index in [0.717, 1.165) is 16.6 Å². The first-order chi connectivity index (χ1) is 18.5. The third-order valence-corrected chi connectivity index (χ3v) is 8.04. The molecule has 4 aromatic heterocycles. The highest BCUT2D eigenvalue weighted by Crippen LogP contribution is 2.33. The van der Waals surface area contributed by atoms with Crippen LogP contribution < -0.4 is 5.56 Å². The van der Waals surface area contributed by atoms with Crippen molar-refractivity contribution in [1.82, 2.24) is 19.3 Å². The molecule has 0 spiro atoms. The van der Waals surface area contributed by atoms with Crippen molar-refractivity contribution < 1.29 is 19.1 Å². The molecule has 0 radical (unpaired) electrons. The van der Waals surface area contributed by atoms with Crippen LogP contribution in [-0.4, -0.2) is 44.1 Å². The number of carbonyl (C=O) groups excluding carboxylic acids is 3. The molecule has 0 N–H and O–H groups in total. The van der Waals surface area contributed by atoms with Crippen molar-refractivity contribution in [2.24, 2.45) is 5.41 Å². The maximum atomic E-state index is 13.6. The van der Waals surface area contributed by atoms with Crippen molar-refractivity contribution >= 4 is 52.4 Å². The summed E-state index contributed by atoms with van der Waals surface area (Å²) in [6.45, 7) is 4.85. The minimum Gasteiger partial charge on any atom is -0.463 e. The summed E-state index contributed by atoms with van der Waals surface area (Å²) in [6.07, 6.45) is 4.72. The van der Waals surface area contributed by atoms with Crippen molar-refractivity contribution in [2.45, 2.75) is 38.1 Å². The van der Waals surface area contributed by atoms with Gasteiger partial charge in [-0.25, -0.2) is 4.79 Å². The summed E-state index contributed by atoms with van der Waals surface area (Å²) in [5.41, 5.74) is 0.399. The number of thioether (sulfide) groups is 1. The Morgan fingerprint density at radius 2 is 1.90 bits per heavy atom. The Labute approximate surface area is 237 Å². The standard InChI is InChI=1S/C27H25ClN4O5S2/c1-27(2,3)26(36)32-23(38-15-18-7-8-22(28)39-18)11-20(30-32)19-10-17(16-6-5-9-29-12-16)13-31(24(19)34)14-21(33)25(35)37-4/h5-13H,14-15H2,1-4H3. The van der Waals surface area contributed by atoms with E-state index in [1.165, 1.54) is 34.0 Å². The van der Waals surface area contributed by atoms with E-state index in [1.807, 2.05) is 12.1 Å². The number of carbonyl (C=O) groups is 3. The van der Waals surface area contributed by atoms with E-state index >= 15 is 0 Å². The fraction of sp³-hybridized carbons (Fsp3) is 0.259. The molecule has 0 aliphatic heterocycles. The van der Waals surface area contributed by atoms with Crippen LogP contribution in [0.2, 0.25) is 4.34 Å². The number of thiophene rings is 1. The number of halogens is 1. The highest BCUT2D eigenvalue weighted by Gasteiger charge is 2.28. The largest absolute Gasteiger partial charge is 0.463 e. The smallest absolute Gasteiger partial charge is 0.376 e.